The lowest BCUT2D eigenvalue weighted by atomic mass is 10.1. The minimum atomic E-state index is -3.80. The third-order valence-corrected chi connectivity index (χ3v) is 7.80. The van der Waals surface area contributed by atoms with Crippen LogP contribution in [0.2, 0.25) is 0 Å². The number of rotatable bonds is 5. The summed E-state index contributed by atoms with van der Waals surface area (Å²) in [4.78, 5) is 29.3. The van der Waals surface area contributed by atoms with E-state index in [-0.39, 0.29) is 34.1 Å². The first kappa shape index (κ1) is 23.6. The summed E-state index contributed by atoms with van der Waals surface area (Å²) < 4.78 is 40.0. The molecule has 0 aliphatic carbocycles. The van der Waals surface area contributed by atoms with Gasteiger partial charge in [-0.05, 0) is 51.1 Å². The third-order valence-electron chi connectivity index (χ3n) is 4.96. The van der Waals surface area contributed by atoms with Gasteiger partial charge in [-0.2, -0.15) is 9.39 Å². The quantitative estimate of drug-likeness (QED) is 0.373. The Morgan fingerprint density at radius 1 is 1.24 bits per heavy atom. The highest BCUT2D eigenvalue weighted by Crippen LogP contribution is 2.31. The Morgan fingerprint density at radius 3 is 2.59 bits per heavy atom. The summed E-state index contributed by atoms with van der Waals surface area (Å²) in [6.45, 7) is 5.03. The number of ether oxygens (including phenoxy) is 1. The molecule has 0 fully saturated rings. The lowest BCUT2D eigenvalue weighted by molar-refractivity contribution is -0.114. The van der Waals surface area contributed by atoms with Gasteiger partial charge in [0.2, 0.25) is 20.2 Å². The van der Waals surface area contributed by atoms with Crippen molar-refractivity contribution in [3.05, 3.63) is 53.3 Å². The van der Waals surface area contributed by atoms with Crippen molar-refractivity contribution in [2.75, 3.05) is 6.61 Å². The number of esters is 1. The second kappa shape index (κ2) is 9.03. The van der Waals surface area contributed by atoms with Crippen LogP contribution in [0.4, 0.5) is 0 Å². The molecule has 3 heterocycles. The lowest BCUT2D eigenvalue weighted by Crippen LogP contribution is -2.46. The number of hydrogen-bond donors (Lipinski definition) is 1. The number of nitrogens with zero attached hydrogens (tertiary/aromatic N) is 3. The van der Waals surface area contributed by atoms with Crippen LogP contribution in [-0.4, -0.2) is 53.2 Å². The first-order valence-corrected chi connectivity index (χ1v) is 12.6. The van der Waals surface area contributed by atoms with Gasteiger partial charge in [-0.15, -0.1) is 0 Å². The predicted octanol–water partition coefficient (Wildman–Crippen LogP) is 3.52. The number of amidine groups is 3. The van der Waals surface area contributed by atoms with Gasteiger partial charge in [0.15, 0.2) is 0 Å². The van der Waals surface area contributed by atoms with Crippen molar-refractivity contribution >= 4 is 55.9 Å². The van der Waals surface area contributed by atoms with Gasteiger partial charge in [-0.3, -0.25) is 10.2 Å². The van der Waals surface area contributed by atoms with Crippen molar-refractivity contribution < 1.29 is 27.2 Å². The molecule has 1 N–H and O–H groups in total. The minimum Gasteiger partial charge on any atom is -0.462 e. The molecule has 12 heteroatoms. The number of fused-ring (bicyclic) bond motifs is 1. The average molecular weight is 501 g/mol. The maximum absolute atomic E-state index is 12.7. The summed E-state index contributed by atoms with van der Waals surface area (Å²) >= 11 is 0.741. The molecule has 1 aromatic carbocycles. The van der Waals surface area contributed by atoms with E-state index in [0.29, 0.717) is 16.9 Å². The Balaban J connectivity index is 1.61. The predicted molar refractivity (Wildman–Crippen MR) is 129 cm³/mol. The van der Waals surface area contributed by atoms with E-state index in [1.165, 1.54) is 19.9 Å². The molecule has 1 amide bonds. The molecule has 0 bridgehead atoms. The molecule has 34 heavy (non-hydrogen) atoms. The van der Waals surface area contributed by atoms with E-state index >= 15 is 0 Å². The zero-order valence-corrected chi connectivity index (χ0v) is 20.1. The molecule has 0 saturated heterocycles. The van der Waals surface area contributed by atoms with Crippen LogP contribution in [0, 0.1) is 5.41 Å². The second-order valence-corrected chi connectivity index (χ2v) is 10.6. The van der Waals surface area contributed by atoms with Crippen molar-refractivity contribution in [2.45, 2.75) is 26.0 Å². The highest BCUT2D eigenvalue weighted by atomic mass is 32.2. The van der Waals surface area contributed by atoms with Crippen LogP contribution in [0.1, 0.15) is 36.9 Å². The van der Waals surface area contributed by atoms with Crippen LogP contribution in [-0.2, 0) is 19.4 Å². The van der Waals surface area contributed by atoms with Crippen molar-refractivity contribution in [2.24, 2.45) is 9.39 Å². The molecule has 0 spiro atoms. The van der Waals surface area contributed by atoms with Gasteiger partial charge in [-0.25, -0.2) is 18.1 Å². The molecule has 0 radical (unpaired) electrons. The number of furan rings is 1. The fraction of sp³-hybridized carbons (Fsp3) is 0.227. The van der Waals surface area contributed by atoms with Gasteiger partial charge in [0.25, 0.3) is 5.91 Å². The topological polar surface area (TPSA) is 142 Å². The molecule has 176 valence electrons. The zero-order valence-electron chi connectivity index (χ0n) is 18.4. The van der Waals surface area contributed by atoms with Crippen molar-refractivity contribution in [3.63, 3.8) is 0 Å². The van der Waals surface area contributed by atoms with Gasteiger partial charge >= 0.3 is 5.97 Å². The van der Waals surface area contributed by atoms with Gasteiger partial charge in [0, 0.05) is 5.56 Å². The number of amides is 1. The van der Waals surface area contributed by atoms with Gasteiger partial charge < -0.3 is 9.15 Å². The van der Waals surface area contributed by atoms with Crippen molar-refractivity contribution in [1.29, 1.82) is 5.41 Å². The van der Waals surface area contributed by atoms with Gasteiger partial charge in [0.05, 0.1) is 34.9 Å². The highest BCUT2D eigenvalue weighted by Gasteiger charge is 2.43. The molecule has 0 atom stereocenters. The highest BCUT2D eigenvalue weighted by molar-refractivity contribution is 8.16. The van der Waals surface area contributed by atoms with E-state index in [2.05, 4.69) is 9.39 Å². The second-order valence-electron chi connectivity index (χ2n) is 7.50. The minimum absolute atomic E-state index is 0.0215. The number of sulfone groups is 1. The molecule has 0 saturated carbocycles. The molecule has 10 nitrogen and oxygen atoms in total. The van der Waals surface area contributed by atoms with E-state index in [1.54, 1.807) is 43.3 Å². The Hall–Kier alpha value is -3.51. The molecule has 2 aliphatic rings. The largest absolute Gasteiger partial charge is 0.462 e. The first-order chi connectivity index (χ1) is 16.1. The Morgan fingerprint density at radius 2 is 1.94 bits per heavy atom. The molecule has 0 unspecified atom stereocenters. The number of carbonyl (C=O) groups is 2. The SMILES string of the molecule is CCOC(=O)c1ccc(-c2ccc(C=C3C(=N)N4C(=NC3=O)SN=C4S(=O)(=O)C(C)C)o2)cc1. The molecule has 2 aromatic rings. The summed E-state index contributed by atoms with van der Waals surface area (Å²) in [6.07, 6.45) is 1.34. The Labute approximate surface area is 200 Å². The number of aliphatic imine (C=N–C) groups is 1. The lowest BCUT2D eigenvalue weighted by Gasteiger charge is -2.25. The first-order valence-electron chi connectivity index (χ1n) is 10.2. The molecular formula is C22H20N4O6S2. The summed E-state index contributed by atoms with van der Waals surface area (Å²) in [7, 11) is -3.80. The Bertz CT molecular complexity index is 1380. The monoisotopic (exact) mass is 500 g/mol. The molecule has 1 aromatic heterocycles. The maximum atomic E-state index is 12.7. The van der Waals surface area contributed by atoms with E-state index in [0.717, 1.165) is 16.8 Å². The molecule has 2 aliphatic heterocycles. The van der Waals surface area contributed by atoms with Crippen molar-refractivity contribution in [1.82, 2.24) is 4.90 Å². The molecular weight excluding hydrogens is 480 g/mol. The van der Waals surface area contributed by atoms with Crippen LogP contribution < -0.4 is 0 Å². The summed E-state index contributed by atoms with van der Waals surface area (Å²) in [5, 5.41) is 7.43. The number of carbonyl (C=O) groups excluding carboxylic acids is 2. The molecule has 4 rings (SSSR count). The van der Waals surface area contributed by atoms with Crippen molar-refractivity contribution in [3.8, 4) is 11.3 Å². The third kappa shape index (κ3) is 4.21. The van der Waals surface area contributed by atoms with Crippen LogP contribution in [0.15, 0.2) is 55.8 Å². The van der Waals surface area contributed by atoms with Crippen LogP contribution in [0.5, 0.6) is 0 Å². The van der Waals surface area contributed by atoms with E-state index in [9.17, 15) is 18.0 Å². The zero-order chi connectivity index (χ0) is 24.6. The van der Waals surface area contributed by atoms with Crippen LogP contribution >= 0.6 is 11.9 Å². The van der Waals surface area contributed by atoms with E-state index < -0.39 is 27.0 Å². The van der Waals surface area contributed by atoms with Gasteiger partial charge in [-0.1, -0.05) is 12.1 Å². The number of nitrogens with one attached hydrogen (secondary N) is 1. The Kier molecular flexibility index (Phi) is 6.28. The standard InChI is InChI=1S/C22H20N4O6S2/c1-4-31-20(28)14-7-5-13(6-8-14)17-10-9-15(32-17)11-16-18(23)26-21(24-19(16)27)33-25-22(26)34(29,30)12(2)3/h5-12,23H,4H2,1-3H3. The smallest absolute Gasteiger partial charge is 0.338 e. The fourth-order valence-electron chi connectivity index (χ4n) is 3.11. The fourth-order valence-corrected chi connectivity index (χ4v) is 5.17. The maximum Gasteiger partial charge on any atom is 0.338 e. The normalized spacial score (nSPS) is 17.2. The average Bonchev–Trinajstić information content (AvgIpc) is 3.44. The number of hydrogen-bond acceptors (Lipinski definition) is 9. The summed E-state index contributed by atoms with van der Waals surface area (Å²) in [5.74, 6) is -0.717. The summed E-state index contributed by atoms with van der Waals surface area (Å²) in [6, 6.07) is 9.93. The van der Waals surface area contributed by atoms with E-state index in [4.69, 9.17) is 14.6 Å². The number of benzene rings is 1. The summed E-state index contributed by atoms with van der Waals surface area (Å²) in [5.41, 5.74) is 0.972. The van der Waals surface area contributed by atoms with Crippen LogP contribution in [0.25, 0.3) is 17.4 Å². The van der Waals surface area contributed by atoms with Crippen LogP contribution in [0.3, 0.4) is 0 Å². The van der Waals surface area contributed by atoms with Gasteiger partial charge in [0.1, 0.15) is 17.4 Å². The van der Waals surface area contributed by atoms with E-state index in [1.807, 2.05) is 0 Å².